The average Bonchev–Trinajstić information content (AvgIpc) is 2.82. The zero-order chi connectivity index (χ0) is 23.7. The molecule has 0 bridgehead atoms. The molecule has 0 unspecified atom stereocenters. The molecule has 2 heteroatoms. The minimum Gasteiger partial charge on any atom is -0.342 e. The van der Waals surface area contributed by atoms with Crippen molar-refractivity contribution in [2.24, 2.45) is 0 Å². The molecule has 0 fully saturated rings. The van der Waals surface area contributed by atoms with Crippen LogP contribution in [-0.4, -0.2) is 11.9 Å². The van der Waals surface area contributed by atoms with E-state index in [0.717, 1.165) is 12.8 Å². The first kappa shape index (κ1) is 30.5. The van der Waals surface area contributed by atoms with Gasteiger partial charge in [-0.3, -0.25) is 0 Å². The number of thioether (sulfide) groups is 1. The van der Waals surface area contributed by atoms with Gasteiger partial charge in [-0.2, -0.15) is 0 Å². The molecule has 0 aromatic rings. The van der Waals surface area contributed by atoms with E-state index < -0.39 is 0 Å². The molecule has 0 saturated carbocycles. The molecule has 1 aliphatic carbocycles. The van der Waals surface area contributed by atoms with Crippen molar-refractivity contribution in [3.63, 3.8) is 0 Å². The van der Waals surface area contributed by atoms with Crippen LogP contribution in [0.4, 0.5) is 0 Å². The second-order valence-electron chi connectivity index (χ2n) is 6.13. The van der Waals surface area contributed by atoms with Gasteiger partial charge in [0, 0.05) is 16.9 Å². The predicted molar refractivity (Wildman–Crippen MR) is 144 cm³/mol. The number of likely N-dealkylation sites (N-methyl/N-ethyl adjacent to an activating group) is 1. The maximum Gasteiger partial charge on any atom is 0.0582 e. The van der Waals surface area contributed by atoms with Crippen LogP contribution in [0.2, 0.25) is 0 Å². The Kier molecular flexibility index (Phi) is 18.4. The van der Waals surface area contributed by atoms with Crippen molar-refractivity contribution in [1.82, 2.24) is 4.90 Å². The first-order chi connectivity index (χ1) is 14.5. The first-order valence-electron chi connectivity index (χ1n) is 11.7. The van der Waals surface area contributed by atoms with Crippen LogP contribution in [0.3, 0.4) is 0 Å². The second-order valence-corrected chi connectivity index (χ2v) is 7.39. The largest absolute Gasteiger partial charge is 0.342 e. The molecule has 2 aliphatic rings. The molecule has 1 nitrogen and oxygen atoms in total. The summed E-state index contributed by atoms with van der Waals surface area (Å²) in [6.07, 6.45) is 17.5. The highest BCUT2D eigenvalue weighted by atomic mass is 32.2. The van der Waals surface area contributed by atoms with E-state index in [-0.39, 0.29) is 0 Å². The van der Waals surface area contributed by atoms with E-state index in [1.807, 2.05) is 53.3 Å². The van der Waals surface area contributed by atoms with Gasteiger partial charge in [-0.25, -0.2) is 0 Å². The second kappa shape index (κ2) is 18.1. The molecular formula is C28H47NS. The molecule has 0 N–H and O–H groups in total. The van der Waals surface area contributed by atoms with Gasteiger partial charge in [0.15, 0.2) is 0 Å². The van der Waals surface area contributed by atoms with E-state index in [2.05, 4.69) is 89.1 Å². The quantitative estimate of drug-likeness (QED) is 0.410. The van der Waals surface area contributed by atoms with Crippen LogP contribution in [0.25, 0.3) is 0 Å². The summed E-state index contributed by atoms with van der Waals surface area (Å²) in [5.74, 6) is 0. The van der Waals surface area contributed by atoms with E-state index in [0.29, 0.717) is 0 Å². The number of allylic oxidation sites excluding steroid dienone is 10. The average molecular weight is 430 g/mol. The van der Waals surface area contributed by atoms with Gasteiger partial charge in [-0.15, -0.1) is 0 Å². The van der Waals surface area contributed by atoms with Gasteiger partial charge in [0.2, 0.25) is 0 Å². The van der Waals surface area contributed by atoms with Crippen LogP contribution in [-0.2, 0) is 0 Å². The van der Waals surface area contributed by atoms with E-state index in [1.54, 1.807) is 0 Å². The third-order valence-corrected chi connectivity index (χ3v) is 5.68. The van der Waals surface area contributed by atoms with Gasteiger partial charge in [0.1, 0.15) is 0 Å². The summed E-state index contributed by atoms with van der Waals surface area (Å²) in [5.41, 5.74) is 6.86. The monoisotopic (exact) mass is 429 g/mol. The van der Waals surface area contributed by atoms with Gasteiger partial charge < -0.3 is 4.90 Å². The van der Waals surface area contributed by atoms with E-state index >= 15 is 0 Å². The van der Waals surface area contributed by atoms with E-state index in [4.69, 9.17) is 0 Å². The summed E-state index contributed by atoms with van der Waals surface area (Å²) < 4.78 is 0. The lowest BCUT2D eigenvalue weighted by molar-refractivity contribution is 0.532. The Bertz CT molecular complexity index is 709. The molecule has 0 atom stereocenters. The van der Waals surface area contributed by atoms with Crippen LogP contribution >= 0.6 is 11.8 Å². The molecule has 0 radical (unpaired) electrons. The Morgan fingerprint density at radius 1 is 1.07 bits per heavy atom. The molecule has 0 amide bonds. The van der Waals surface area contributed by atoms with Gasteiger partial charge in [-0.1, -0.05) is 108 Å². The molecule has 1 aliphatic heterocycles. The fraction of sp³-hybridized carbons (Fsp3) is 0.500. The van der Waals surface area contributed by atoms with Crippen molar-refractivity contribution >= 4 is 11.8 Å². The number of hydrogen-bond donors (Lipinski definition) is 0. The lowest BCUT2D eigenvalue weighted by atomic mass is 9.99. The number of nitrogens with zero attached hydrogens (tertiary/aromatic N) is 1. The number of rotatable bonds is 3. The zero-order valence-electron chi connectivity index (χ0n) is 21.8. The van der Waals surface area contributed by atoms with Crippen LogP contribution in [0.15, 0.2) is 80.5 Å². The van der Waals surface area contributed by atoms with Crippen molar-refractivity contribution in [3.8, 4) is 0 Å². The van der Waals surface area contributed by atoms with Crippen LogP contribution in [0.5, 0.6) is 0 Å². The summed E-state index contributed by atoms with van der Waals surface area (Å²) in [4.78, 5) is 5.11. The van der Waals surface area contributed by atoms with Crippen LogP contribution < -0.4 is 0 Å². The van der Waals surface area contributed by atoms with Crippen molar-refractivity contribution in [2.45, 2.75) is 89.0 Å². The molecule has 170 valence electrons. The van der Waals surface area contributed by atoms with Crippen LogP contribution in [0, 0.1) is 0 Å². The molecule has 0 spiro atoms. The van der Waals surface area contributed by atoms with Crippen molar-refractivity contribution in [1.29, 1.82) is 0 Å². The molecule has 0 aromatic carbocycles. The van der Waals surface area contributed by atoms with E-state index in [1.165, 1.54) is 37.9 Å². The Balaban J connectivity index is 0. The first-order valence-corrected chi connectivity index (χ1v) is 12.5. The molecular weight excluding hydrogens is 382 g/mol. The van der Waals surface area contributed by atoms with Crippen LogP contribution in [0.1, 0.15) is 89.0 Å². The normalized spacial score (nSPS) is 20.1. The SMILES string of the molecule is C/C=C\C(C1=C(C)SC(=C/C)/C(=C2/C=CC=CC2)N1C)=C(\C)CC.CC.CC.CC. The third kappa shape index (κ3) is 8.22. The van der Waals surface area contributed by atoms with Crippen molar-refractivity contribution in [3.05, 3.63) is 80.5 Å². The maximum absolute atomic E-state index is 2.40. The standard InChI is InChI=1S/C22H29NS.3C2H6/c1-7-13-19(16(4)8-2)21-17(5)24-20(9-3)22(23(21)6)18-14-11-10-12-15-18;3*1-2/h7,9-14H,8,15H2,1-6H3;3*1-2H3/b13-7-,19-16+,20-9+,22-18+;;;. The fourth-order valence-corrected chi connectivity index (χ4v) is 4.34. The zero-order valence-corrected chi connectivity index (χ0v) is 22.6. The summed E-state index contributed by atoms with van der Waals surface area (Å²) in [6.45, 7) is 23.0. The molecule has 1 heterocycles. The highest BCUT2D eigenvalue weighted by Crippen LogP contribution is 2.46. The Labute approximate surface area is 193 Å². The van der Waals surface area contributed by atoms with Gasteiger partial charge in [0.25, 0.3) is 0 Å². The fourth-order valence-electron chi connectivity index (χ4n) is 3.18. The topological polar surface area (TPSA) is 3.24 Å². The summed E-state index contributed by atoms with van der Waals surface area (Å²) in [7, 11) is 2.21. The minimum atomic E-state index is 0.996. The summed E-state index contributed by atoms with van der Waals surface area (Å²) in [5, 5.41) is 0. The summed E-state index contributed by atoms with van der Waals surface area (Å²) >= 11 is 1.90. The highest BCUT2D eigenvalue weighted by Gasteiger charge is 2.27. The minimum absolute atomic E-state index is 0.996. The molecule has 0 aromatic heterocycles. The third-order valence-electron chi connectivity index (χ3n) is 4.53. The Hall–Kier alpha value is -1.67. The smallest absolute Gasteiger partial charge is 0.0582 e. The van der Waals surface area contributed by atoms with Crippen molar-refractivity contribution in [2.75, 3.05) is 7.05 Å². The maximum atomic E-state index is 2.40. The predicted octanol–water partition coefficient (Wildman–Crippen LogP) is 9.95. The Morgan fingerprint density at radius 2 is 1.67 bits per heavy atom. The van der Waals surface area contributed by atoms with Crippen molar-refractivity contribution < 1.29 is 0 Å². The van der Waals surface area contributed by atoms with Gasteiger partial charge >= 0.3 is 0 Å². The molecule has 30 heavy (non-hydrogen) atoms. The van der Waals surface area contributed by atoms with E-state index in [9.17, 15) is 0 Å². The van der Waals surface area contributed by atoms with Gasteiger partial charge in [0.05, 0.1) is 11.4 Å². The lowest BCUT2D eigenvalue weighted by Crippen LogP contribution is -2.25. The highest BCUT2D eigenvalue weighted by molar-refractivity contribution is 8.07. The Morgan fingerprint density at radius 3 is 2.10 bits per heavy atom. The molecule has 2 rings (SSSR count). The number of hydrogen-bond acceptors (Lipinski definition) is 2. The lowest BCUT2D eigenvalue weighted by Gasteiger charge is -2.36. The summed E-state index contributed by atoms with van der Waals surface area (Å²) in [6, 6.07) is 0. The molecule has 0 saturated heterocycles. The van der Waals surface area contributed by atoms with Gasteiger partial charge in [-0.05, 0) is 51.7 Å².